The SMILES string of the molecule is CC(NC(=O)c1ccc(Cl)c([N+](=O)[O-])c1)c1ncc[nH]1. The number of nitrogens with zero attached hydrogens (tertiary/aromatic N) is 2. The molecule has 7 nitrogen and oxygen atoms in total. The number of halogens is 1. The van der Waals surface area contributed by atoms with Crippen LogP contribution >= 0.6 is 11.6 Å². The molecule has 1 amide bonds. The number of H-pyrrole nitrogens is 1. The number of carbonyl (C=O) groups excluding carboxylic acids is 1. The zero-order valence-corrected chi connectivity index (χ0v) is 11.2. The molecule has 1 unspecified atom stereocenters. The molecule has 0 spiro atoms. The van der Waals surface area contributed by atoms with Crippen LogP contribution in [-0.4, -0.2) is 20.8 Å². The van der Waals surface area contributed by atoms with E-state index in [0.29, 0.717) is 5.82 Å². The molecule has 2 aromatic rings. The number of amides is 1. The Morgan fingerprint density at radius 1 is 1.55 bits per heavy atom. The molecule has 0 fully saturated rings. The number of aromatic amines is 1. The minimum absolute atomic E-state index is 0.00867. The lowest BCUT2D eigenvalue weighted by Gasteiger charge is -2.11. The molecule has 0 saturated carbocycles. The summed E-state index contributed by atoms with van der Waals surface area (Å²) >= 11 is 5.69. The van der Waals surface area contributed by atoms with E-state index in [1.165, 1.54) is 12.1 Å². The Bertz CT molecular complexity index is 642. The van der Waals surface area contributed by atoms with Crippen molar-refractivity contribution in [1.82, 2.24) is 15.3 Å². The number of imidazole rings is 1. The molecule has 1 atom stereocenters. The van der Waals surface area contributed by atoms with Crippen LogP contribution in [0, 0.1) is 10.1 Å². The first-order valence-corrected chi connectivity index (χ1v) is 6.11. The van der Waals surface area contributed by atoms with E-state index in [2.05, 4.69) is 15.3 Å². The van der Waals surface area contributed by atoms with Crippen LogP contribution in [0.4, 0.5) is 5.69 Å². The second-order valence-electron chi connectivity index (χ2n) is 4.09. The van der Waals surface area contributed by atoms with E-state index in [-0.39, 0.29) is 22.3 Å². The topological polar surface area (TPSA) is 101 Å². The van der Waals surface area contributed by atoms with E-state index >= 15 is 0 Å². The zero-order chi connectivity index (χ0) is 14.7. The standard InChI is InChI=1S/C12H11ClN4O3/c1-7(11-14-4-5-15-11)16-12(18)8-2-3-9(13)10(6-8)17(19)20/h2-7H,1H3,(H,14,15)(H,16,18). The minimum atomic E-state index is -0.630. The molecule has 0 saturated heterocycles. The van der Waals surface area contributed by atoms with Gasteiger partial charge in [0.05, 0.1) is 11.0 Å². The fourth-order valence-corrected chi connectivity index (χ4v) is 1.84. The van der Waals surface area contributed by atoms with Crippen LogP contribution in [0.15, 0.2) is 30.6 Å². The summed E-state index contributed by atoms with van der Waals surface area (Å²) < 4.78 is 0. The van der Waals surface area contributed by atoms with E-state index < -0.39 is 10.8 Å². The lowest BCUT2D eigenvalue weighted by molar-refractivity contribution is -0.384. The molecule has 1 heterocycles. The van der Waals surface area contributed by atoms with Gasteiger partial charge in [-0.15, -0.1) is 0 Å². The van der Waals surface area contributed by atoms with E-state index in [1.807, 2.05) is 0 Å². The highest BCUT2D eigenvalue weighted by atomic mass is 35.5. The van der Waals surface area contributed by atoms with E-state index in [0.717, 1.165) is 6.07 Å². The zero-order valence-electron chi connectivity index (χ0n) is 10.5. The summed E-state index contributed by atoms with van der Waals surface area (Å²) in [7, 11) is 0. The smallest absolute Gasteiger partial charge is 0.288 e. The molecule has 1 aromatic carbocycles. The van der Waals surface area contributed by atoms with Crippen molar-refractivity contribution in [2.45, 2.75) is 13.0 Å². The largest absolute Gasteiger partial charge is 0.347 e. The number of nitrogens with one attached hydrogen (secondary N) is 2. The van der Waals surface area contributed by atoms with Crippen molar-refractivity contribution < 1.29 is 9.72 Å². The quantitative estimate of drug-likeness (QED) is 0.668. The van der Waals surface area contributed by atoms with Gasteiger partial charge in [-0.3, -0.25) is 14.9 Å². The average molecular weight is 295 g/mol. The molecular weight excluding hydrogens is 284 g/mol. The Kier molecular flexibility index (Phi) is 3.99. The molecule has 0 aliphatic heterocycles. The maximum absolute atomic E-state index is 12.0. The average Bonchev–Trinajstić information content (AvgIpc) is 2.92. The van der Waals surface area contributed by atoms with Crippen molar-refractivity contribution in [3.05, 3.63) is 57.1 Å². The van der Waals surface area contributed by atoms with Crippen molar-refractivity contribution in [2.24, 2.45) is 0 Å². The summed E-state index contributed by atoms with van der Waals surface area (Å²) in [4.78, 5) is 29.1. The molecule has 2 N–H and O–H groups in total. The Hall–Kier alpha value is -2.41. The molecule has 0 bridgehead atoms. The van der Waals surface area contributed by atoms with Crippen molar-refractivity contribution in [1.29, 1.82) is 0 Å². The highest BCUT2D eigenvalue weighted by molar-refractivity contribution is 6.32. The number of hydrogen-bond donors (Lipinski definition) is 2. The summed E-state index contributed by atoms with van der Waals surface area (Å²) in [6.45, 7) is 1.75. The van der Waals surface area contributed by atoms with Crippen LogP contribution < -0.4 is 5.32 Å². The van der Waals surface area contributed by atoms with Gasteiger partial charge in [0, 0.05) is 24.0 Å². The number of rotatable bonds is 4. The maximum Gasteiger partial charge on any atom is 0.288 e. The highest BCUT2D eigenvalue weighted by Crippen LogP contribution is 2.25. The Balaban J connectivity index is 2.17. The number of benzene rings is 1. The van der Waals surface area contributed by atoms with Gasteiger partial charge in [-0.05, 0) is 19.1 Å². The monoisotopic (exact) mass is 294 g/mol. The van der Waals surface area contributed by atoms with E-state index in [4.69, 9.17) is 11.6 Å². The second kappa shape index (κ2) is 5.70. The van der Waals surface area contributed by atoms with Gasteiger partial charge in [-0.1, -0.05) is 11.6 Å². The summed E-state index contributed by atoms with van der Waals surface area (Å²) in [5.74, 6) is 0.162. The summed E-state index contributed by atoms with van der Waals surface area (Å²) in [6, 6.07) is 3.56. The maximum atomic E-state index is 12.0. The van der Waals surface area contributed by atoms with Gasteiger partial charge in [-0.2, -0.15) is 0 Å². The predicted octanol–water partition coefficient (Wildman–Crippen LogP) is 2.46. The van der Waals surface area contributed by atoms with Gasteiger partial charge >= 0.3 is 0 Å². The highest BCUT2D eigenvalue weighted by Gasteiger charge is 2.18. The van der Waals surface area contributed by atoms with Gasteiger partial charge in [0.1, 0.15) is 10.8 Å². The first-order valence-electron chi connectivity index (χ1n) is 5.73. The van der Waals surface area contributed by atoms with Crippen LogP contribution in [-0.2, 0) is 0 Å². The van der Waals surface area contributed by atoms with Crippen molar-refractivity contribution in [3.8, 4) is 0 Å². The van der Waals surface area contributed by atoms with Crippen molar-refractivity contribution in [2.75, 3.05) is 0 Å². The molecule has 0 aliphatic carbocycles. The molecule has 20 heavy (non-hydrogen) atoms. The lowest BCUT2D eigenvalue weighted by atomic mass is 10.1. The number of carbonyl (C=O) groups is 1. The lowest BCUT2D eigenvalue weighted by Crippen LogP contribution is -2.27. The second-order valence-corrected chi connectivity index (χ2v) is 4.50. The molecule has 0 aliphatic rings. The molecule has 8 heteroatoms. The Morgan fingerprint density at radius 2 is 2.30 bits per heavy atom. The summed E-state index contributed by atoms with van der Waals surface area (Å²) in [6.07, 6.45) is 3.22. The summed E-state index contributed by atoms with van der Waals surface area (Å²) in [5, 5.41) is 13.5. The van der Waals surface area contributed by atoms with Gasteiger partial charge in [-0.25, -0.2) is 4.98 Å². The molecular formula is C12H11ClN4O3. The number of aromatic nitrogens is 2. The Morgan fingerprint density at radius 3 is 2.90 bits per heavy atom. The number of nitro groups is 1. The van der Waals surface area contributed by atoms with Gasteiger partial charge in [0.25, 0.3) is 11.6 Å². The van der Waals surface area contributed by atoms with Crippen LogP contribution in [0.3, 0.4) is 0 Å². The third-order valence-corrected chi connectivity index (χ3v) is 3.00. The molecule has 2 rings (SSSR count). The molecule has 1 aromatic heterocycles. The van der Waals surface area contributed by atoms with Crippen molar-refractivity contribution >= 4 is 23.2 Å². The van der Waals surface area contributed by atoms with Gasteiger partial charge in [0.2, 0.25) is 0 Å². The molecule has 104 valence electrons. The van der Waals surface area contributed by atoms with E-state index in [1.54, 1.807) is 19.3 Å². The van der Waals surface area contributed by atoms with Crippen molar-refractivity contribution in [3.63, 3.8) is 0 Å². The normalized spacial score (nSPS) is 11.9. The molecule has 0 radical (unpaired) electrons. The van der Waals surface area contributed by atoms with Crippen LogP contribution in [0.25, 0.3) is 0 Å². The predicted molar refractivity (Wildman–Crippen MR) is 72.6 cm³/mol. The first kappa shape index (κ1) is 14.0. The number of nitro benzene ring substituents is 1. The third kappa shape index (κ3) is 2.94. The Labute approximate surface area is 119 Å². The van der Waals surface area contributed by atoms with Crippen LogP contribution in [0.5, 0.6) is 0 Å². The van der Waals surface area contributed by atoms with Gasteiger partial charge < -0.3 is 10.3 Å². The van der Waals surface area contributed by atoms with Crippen LogP contribution in [0.1, 0.15) is 29.1 Å². The third-order valence-electron chi connectivity index (χ3n) is 2.68. The fraction of sp³-hybridized carbons (Fsp3) is 0.167. The fourth-order valence-electron chi connectivity index (χ4n) is 1.66. The van der Waals surface area contributed by atoms with E-state index in [9.17, 15) is 14.9 Å². The number of hydrogen-bond acceptors (Lipinski definition) is 4. The summed E-state index contributed by atoms with van der Waals surface area (Å²) in [5.41, 5.74) is -0.135. The minimum Gasteiger partial charge on any atom is -0.347 e. The van der Waals surface area contributed by atoms with Gasteiger partial charge in [0.15, 0.2) is 0 Å². The first-order chi connectivity index (χ1) is 9.49. The van der Waals surface area contributed by atoms with Crippen LogP contribution in [0.2, 0.25) is 5.02 Å².